The normalized spacial score (nSPS) is 20.0. The number of aromatic nitrogens is 2. The molecule has 1 aromatic rings. The van der Waals surface area contributed by atoms with Crippen LogP contribution in [0.25, 0.3) is 0 Å². The molecule has 0 spiro atoms. The molecule has 0 aliphatic carbocycles. The molecule has 2 heterocycles. The van der Waals surface area contributed by atoms with Gasteiger partial charge in [0, 0.05) is 7.05 Å². The third kappa shape index (κ3) is 2.08. The molecule has 1 atom stereocenters. The molecule has 18 heavy (non-hydrogen) atoms. The van der Waals surface area contributed by atoms with E-state index in [1.165, 1.54) is 19.0 Å². The predicted octanol–water partition coefficient (Wildman–Crippen LogP) is 2.52. The summed E-state index contributed by atoms with van der Waals surface area (Å²) in [6.45, 7) is 6.06. The minimum Gasteiger partial charge on any atom is -0.291 e. The van der Waals surface area contributed by atoms with Crippen LogP contribution in [0.3, 0.4) is 0 Å². The highest BCUT2D eigenvalue weighted by molar-refractivity contribution is 6.34. The summed E-state index contributed by atoms with van der Waals surface area (Å²) in [6, 6.07) is 0. The van der Waals surface area contributed by atoms with Gasteiger partial charge in [-0.15, -0.1) is 0 Å². The zero-order valence-electron chi connectivity index (χ0n) is 11.2. The first-order chi connectivity index (χ1) is 8.50. The highest BCUT2D eigenvalue weighted by Gasteiger charge is 2.41. The molecule has 0 bridgehead atoms. The van der Waals surface area contributed by atoms with Crippen LogP contribution in [0.15, 0.2) is 6.20 Å². The van der Waals surface area contributed by atoms with Crippen molar-refractivity contribution in [2.45, 2.75) is 38.6 Å². The first-order valence-corrected chi connectivity index (χ1v) is 6.86. The number of likely N-dealkylation sites (tertiary alicyclic amines) is 1. The molecule has 0 N–H and O–H groups in total. The molecule has 1 aromatic heterocycles. The van der Waals surface area contributed by atoms with Gasteiger partial charge < -0.3 is 0 Å². The molecule has 0 aromatic carbocycles. The van der Waals surface area contributed by atoms with Crippen LogP contribution < -0.4 is 0 Å². The first-order valence-electron chi connectivity index (χ1n) is 6.48. The van der Waals surface area contributed by atoms with Crippen LogP contribution in [-0.4, -0.2) is 39.1 Å². The summed E-state index contributed by atoms with van der Waals surface area (Å²) in [5.74, 6) is 0.0805. The molecule has 1 fully saturated rings. The summed E-state index contributed by atoms with van der Waals surface area (Å²) in [6.07, 6.45) is 4.66. The van der Waals surface area contributed by atoms with Crippen LogP contribution in [0.2, 0.25) is 5.02 Å². The van der Waals surface area contributed by atoms with Crippen LogP contribution in [0.5, 0.6) is 0 Å². The fourth-order valence-corrected chi connectivity index (χ4v) is 2.91. The standard InChI is InChI=1S/C13H20ClN3O/c1-4-13(2,17-7-5-6-8-17)12(18)11-10(14)9-15-16(11)3/h9H,4-8H2,1-3H3. The number of halogens is 1. The van der Waals surface area contributed by atoms with E-state index in [9.17, 15) is 4.79 Å². The van der Waals surface area contributed by atoms with Gasteiger partial charge in [0.1, 0.15) is 5.69 Å². The third-order valence-electron chi connectivity index (χ3n) is 4.09. The Morgan fingerprint density at radius 2 is 2.11 bits per heavy atom. The quantitative estimate of drug-likeness (QED) is 0.789. The van der Waals surface area contributed by atoms with Crippen molar-refractivity contribution in [3.8, 4) is 0 Å². The van der Waals surface area contributed by atoms with Gasteiger partial charge in [-0.3, -0.25) is 14.4 Å². The van der Waals surface area contributed by atoms with E-state index < -0.39 is 5.54 Å². The first kappa shape index (κ1) is 13.6. The average molecular weight is 270 g/mol. The molecule has 5 heteroatoms. The Kier molecular flexibility index (Phi) is 3.78. The Morgan fingerprint density at radius 1 is 1.50 bits per heavy atom. The second-order valence-corrected chi connectivity index (χ2v) is 5.52. The SMILES string of the molecule is CCC(C)(C(=O)c1c(Cl)cnn1C)N1CCCC1. The van der Waals surface area contributed by atoms with Crippen molar-refractivity contribution in [3.63, 3.8) is 0 Å². The summed E-state index contributed by atoms with van der Waals surface area (Å²) in [5, 5.41) is 4.50. The highest BCUT2D eigenvalue weighted by Crippen LogP contribution is 2.30. The van der Waals surface area contributed by atoms with Crippen LogP contribution in [-0.2, 0) is 7.05 Å². The Bertz CT molecular complexity index is 432. The van der Waals surface area contributed by atoms with E-state index in [0.717, 1.165) is 19.5 Å². The smallest absolute Gasteiger partial charge is 0.202 e. The van der Waals surface area contributed by atoms with Crippen LogP contribution in [0.1, 0.15) is 43.6 Å². The van der Waals surface area contributed by atoms with Gasteiger partial charge in [0.25, 0.3) is 0 Å². The van der Waals surface area contributed by atoms with Crippen molar-refractivity contribution >= 4 is 17.4 Å². The van der Waals surface area contributed by atoms with Crippen molar-refractivity contribution in [1.82, 2.24) is 14.7 Å². The summed E-state index contributed by atoms with van der Waals surface area (Å²) < 4.78 is 1.58. The number of aryl methyl sites for hydroxylation is 1. The molecule has 100 valence electrons. The van der Waals surface area contributed by atoms with E-state index in [0.29, 0.717) is 10.7 Å². The Labute approximate surface area is 113 Å². The van der Waals surface area contributed by atoms with Crippen molar-refractivity contribution < 1.29 is 4.79 Å². The molecule has 0 radical (unpaired) electrons. The molecule has 1 aliphatic heterocycles. The molecular formula is C13H20ClN3O. The van der Waals surface area contributed by atoms with E-state index in [2.05, 4.69) is 16.9 Å². The fourth-order valence-electron chi connectivity index (χ4n) is 2.66. The Balaban J connectivity index is 2.35. The van der Waals surface area contributed by atoms with Crippen LogP contribution in [0.4, 0.5) is 0 Å². The maximum Gasteiger partial charge on any atom is 0.202 e. The average Bonchev–Trinajstić information content (AvgIpc) is 2.98. The number of carbonyl (C=O) groups is 1. The summed E-state index contributed by atoms with van der Waals surface area (Å²) in [5.41, 5.74) is 0.0569. The molecular weight excluding hydrogens is 250 g/mol. The second-order valence-electron chi connectivity index (χ2n) is 5.12. The van der Waals surface area contributed by atoms with E-state index in [1.807, 2.05) is 6.92 Å². The molecule has 1 aliphatic rings. The molecule has 0 saturated carbocycles. The maximum absolute atomic E-state index is 12.8. The number of hydrogen-bond donors (Lipinski definition) is 0. The molecule has 1 saturated heterocycles. The number of ketones is 1. The zero-order chi connectivity index (χ0) is 13.3. The topological polar surface area (TPSA) is 38.1 Å². The number of hydrogen-bond acceptors (Lipinski definition) is 3. The van der Waals surface area contributed by atoms with Gasteiger partial charge in [-0.1, -0.05) is 18.5 Å². The monoisotopic (exact) mass is 269 g/mol. The lowest BCUT2D eigenvalue weighted by atomic mass is 9.89. The summed E-state index contributed by atoms with van der Waals surface area (Å²) >= 11 is 6.09. The second kappa shape index (κ2) is 5.02. The maximum atomic E-state index is 12.8. The van der Waals surface area contributed by atoms with E-state index >= 15 is 0 Å². The van der Waals surface area contributed by atoms with Gasteiger partial charge in [-0.25, -0.2) is 0 Å². The lowest BCUT2D eigenvalue weighted by Gasteiger charge is -2.36. The number of nitrogens with zero attached hydrogens (tertiary/aromatic N) is 3. The van der Waals surface area contributed by atoms with Crippen LogP contribution in [0, 0.1) is 0 Å². The highest BCUT2D eigenvalue weighted by atomic mass is 35.5. The lowest BCUT2D eigenvalue weighted by molar-refractivity contribution is 0.0637. The van der Waals surface area contributed by atoms with E-state index in [-0.39, 0.29) is 5.78 Å². The van der Waals surface area contributed by atoms with Crippen molar-refractivity contribution in [3.05, 3.63) is 16.9 Å². The number of carbonyl (C=O) groups excluding carboxylic acids is 1. The fraction of sp³-hybridized carbons (Fsp3) is 0.692. The largest absolute Gasteiger partial charge is 0.291 e. The van der Waals surface area contributed by atoms with Crippen molar-refractivity contribution in [1.29, 1.82) is 0 Å². The minimum atomic E-state index is -0.464. The Hall–Kier alpha value is -0.870. The van der Waals surface area contributed by atoms with Gasteiger partial charge in [-0.2, -0.15) is 5.10 Å². The zero-order valence-corrected chi connectivity index (χ0v) is 12.0. The van der Waals surface area contributed by atoms with E-state index in [1.54, 1.807) is 11.7 Å². The lowest BCUT2D eigenvalue weighted by Crippen LogP contribution is -2.51. The van der Waals surface area contributed by atoms with Gasteiger partial charge >= 0.3 is 0 Å². The van der Waals surface area contributed by atoms with Crippen molar-refractivity contribution in [2.24, 2.45) is 7.05 Å². The molecule has 4 nitrogen and oxygen atoms in total. The van der Waals surface area contributed by atoms with Crippen LogP contribution >= 0.6 is 11.6 Å². The van der Waals surface area contributed by atoms with E-state index in [4.69, 9.17) is 11.6 Å². The van der Waals surface area contributed by atoms with Gasteiger partial charge in [0.05, 0.1) is 16.8 Å². The van der Waals surface area contributed by atoms with Crippen molar-refractivity contribution in [2.75, 3.05) is 13.1 Å². The predicted molar refractivity (Wildman–Crippen MR) is 72.1 cm³/mol. The minimum absolute atomic E-state index is 0.0805. The summed E-state index contributed by atoms with van der Waals surface area (Å²) in [4.78, 5) is 15.1. The Morgan fingerprint density at radius 3 is 2.56 bits per heavy atom. The number of Topliss-reactive ketones (excluding diaryl/α,β-unsaturated/α-hetero) is 1. The molecule has 0 amide bonds. The van der Waals surface area contributed by atoms with Gasteiger partial charge in [-0.05, 0) is 39.3 Å². The van der Waals surface area contributed by atoms with Gasteiger partial charge in [0.2, 0.25) is 5.78 Å². The summed E-state index contributed by atoms with van der Waals surface area (Å²) in [7, 11) is 1.76. The molecule has 2 rings (SSSR count). The third-order valence-corrected chi connectivity index (χ3v) is 4.37. The number of rotatable bonds is 4. The van der Waals surface area contributed by atoms with Gasteiger partial charge in [0.15, 0.2) is 0 Å². The molecule has 1 unspecified atom stereocenters.